The molecule has 4 nitrogen and oxygen atoms in total. The largest absolute Gasteiger partial charge is 0.288 e. The van der Waals surface area contributed by atoms with E-state index in [4.69, 9.17) is 0 Å². The molecule has 15 heavy (non-hydrogen) atoms. The summed E-state index contributed by atoms with van der Waals surface area (Å²) in [5.74, 6) is 0.359. The Bertz CT molecular complexity index is 223. The standard InChI is InChI=1S/C10H17NO3S/c1-8(12)15-10(7-11(13)14)9-5-3-2-4-6-9/h9-10H,2-7H2,1H3/t10-/m0/s1. The molecule has 0 amide bonds. The van der Waals surface area contributed by atoms with Crippen molar-refractivity contribution in [1.82, 2.24) is 0 Å². The summed E-state index contributed by atoms with van der Waals surface area (Å²) < 4.78 is 0. The second kappa shape index (κ2) is 6.10. The molecule has 0 heterocycles. The van der Waals surface area contributed by atoms with Gasteiger partial charge in [0, 0.05) is 11.8 Å². The van der Waals surface area contributed by atoms with Crippen molar-refractivity contribution in [3.8, 4) is 0 Å². The van der Waals surface area contributed by atoms with Gasteiger partial charge < -0.3 is 0 Å². The Morgan fingerprint density at radius 2 is 2.07 bits per heavy atom. The van der Waals surface area contributed by atoms with E-state index in [1.807, 2.05) is 0 Å². The average Bonchev–Trinajstić information content (AvgIpc) is 2.17. The van der Waals surface area contributed by atoms with Gasteiger partial charge in [0.05, 0.1) is 5.25 Å². The molecule has 1 saturated carbocycles. The van der Waals surface area contributed by atoms with Crippen LogP contribution >= 0.6 is 11.8 Å². The van der Waals surface area contributed by atoms with E-state index in [0.717, 1.165) is 37.4 Å². The third kappa shape index (κ3) is 4.64. The Labute approximate surface area is 94.0 Å². The quantitative estimate of drug-likeness (QED) is 0.551. The van der Waals surface area contributed by atoms with Crippen LogP contribution in [0.25, 0.3) is 0 Å². The lowest BCUT2D eigenvalue weighted by Crippen LogP contribution is -2.28. The van der Waals surface area contributed by atoms with Crippen molar-refractivity contribution in [3.63, 3.8) is 0 Å². The van der Waals surface area contributed by atoms with Crippen molar-refractivity contribution < 1.29 is 9.72 Å². The van der Waals surface area contributed by atoms with E-state index in [2.05, 4.69) is 0 Å². The van der Waals surface area contributed by atoms with Crippen LogP contribution in [0.4, 0.5) is 0 Å². The van der Waals surface area contributed by atoms with Gasteiger partial charge in [-0.15, -0.1) is 0 Å². The molecule has 0 aliphatic heterocycles. The summed E-state index contributed by atoms with van der Waals surface area (Å²) >= 11 is 1.15. The smallest absolute Gasteiger partial charge is 0.216 e. The number of carbonyl (C=O) groups is 1. The summed E-state index contributed by atoms with van der Waals surface area (Å²) in [6.45, 7) is 1.41. The number of thioether (sulfide) groups is 1. The minimum Gasteiger partial charge on any atom is -0.288 e. The first-order valence-corrected chi connectivity index (χ1v) is 6.26. The predicted molar refractivity (Wildman–Crippen MR) is 60.5 cm³/mol. The second-order valence-electron chi connectivity index (χ2n) is 4.06. The Morgan fingerprint density at radius 1 is 1.47 bits per heavy atom. The van der Waals surface area contributed by atoms with E-state index < -0.39 is 0 Å². The SMILES string of the molecule is CC(=O)S[C@@H](C[N+](=O)[O-])C1CCCCC1. The predicted octanol–water partition coefficient (Wildman–Crippen LogP) is 2.49. The zero-order chi connectivity index (χ0) is 11.3. The molecular weight excluding hydrogens is 214 g/mol. The van der Waals surface area contributed by atoms with Crippen LogP contribution in [0.1, 0.15) is 39.0 Å². The van der Waals surface area contributed by atoms with E-state index in [1.165, 1.54) is 13.3 Å². The number of carbonyl (C=O) groups excluding carboxylic acids is 1. The molecule has 1 aliphatic rings. The van der Waals surface area contributed by atoms with Gasteiger partial charge in [-0.25, -0.2) is 0 Å². The summed E-state index contributed by atoms with van der Waals surface area (Å²) in [5.41, 5.74) is 0. The van der Waals surface area contributed by atoms with Gasteiger partial charge in [0.25, 0.3) is 0 Å². The van der Waals surface area contributed by atoms with Crippen LogP contribution in [0.5, 0.6) is 0 Å². The van der Waals surface area contributed by atoms with Crippen molar-refractivity contribution in [2.24, 2.45) is 5.92 Å². The molecule has 0 N–H and O–H groups in total. The maximum absolute atomic E-state index is 11.0. The third-order valence-corrected chi connectivity index (χ3v) is 3.99. The lowest BCUT2D eigenvalue weighted by molar-refractivity contribution is -0.480. The molecule has 0 aromatic rings. The first-order chi connectivity index (χ1) is 7.09. The molecule has 0 aromatic carbocycles. The number of nitrogens with zero attached hydrogens (tertiary/aromatic N) is 1. The van der Waals surface area contributed by atoms with Crippen LogP contribution in [-0.4, -0.2) is 21.8 Å². The lowest BCUT2D eigenvalue weighted by atomic mass is 9.87. The molecule has 1 fully saturated rings. The first-order valence-electron chi connectivity index (χ1n) is 5.38. The molecule has 86 valence electrons. The van der Waals surface area contributed by atoms with Gasteiger partial charge in [0.1, 0.15) is 0 Å². The zero-order valence-corrected chi connectivity index (χ0v) is 9.79. The normalized spacial score (nSPS) is 19.8. The monoisotopic (exact) mass is 231 g/mol. The van der Waals surface area contributed by atoms with Crippen molar-refractivity contribution in [2.75, 3.05) is 6.54 Å². The third-order valence-electron chi connectivity index (χ3n) is 2.82. The molecule has 0 radical (unpaired) electrons. The van der Waals surface area contributed by atoms with E-state index in [1.54, 1.807) is 0 Å². The number of nitro groups is 1. The fourth-order valence-corrected chi connectivity index (χ4v) is 3.24. The maximum atomic E-state index is 11.0. The Kier molecular flexibility index (Phi) is 5.08. The van der Waals surface area contributed by atoms with E-state index >= 15 is 0 Å². The van der Waals surface area contributed by atoms with Gasteiger partial charge >= 0.3 is 0 Å². The molecule has 1 rings (SSSR count). The number of hydrogen-bond acceptors (Lipinski definition) is 4. The topological polar surface area (TPSA) is 60.2 Å². The molecule has 1 aliphatic carbocycles. The fourth-order valence-electron chi connectivity index (χ4n) is 2.15. The van der Waals surface area contributed by atoms with Gasteiger partial charge in [-0.2, -0.15) is 0 Å². The molecule has 5 heteroatoms. The molecular formula is C10H17NO3S. The minimum absolute atomic E-state index is 0.00702. The summed E-state index contributed by atoms with van der Waals surface area (Å²) in [6, 6.07) is 0. The number of rotatable bonds is 4. The van der Waals surface area contributed by atoms with Gasteiger partial charge in [0.2, 0.25) is 6.54 Å². The molecule has 0 saturated heterocycles. The van der Waals surface area contributed by atoms with Crippen molar-refractivity contribution in [3.05, 3.63) is 10.1 Å². The average molecular weight is 231 g/mol. The van der Waals surface area contributed by atoms with Crippen LogP contribution < -0.4 is 0 Å². The van der Waals surface area contributed by atoms with Gasteiger partial charge in [-0.3, -0.25) is 14.9 Å². The first kappa shape index (κ1) is 12.5. The van der Waals surface area contributed by atoms with Crippen LogP contribution in [0.2, 0.25) is 0 Å². The van der Waals surface area contributed by atoms with Crippen molar-refractivity contribution >= 4 is 16.9 Å². The second-order valence-corrected chi connectivity index (χ2v) is 5.48. The number of hydrogen-bond donors (Lipinski definition) is 0. The van der Waals surface area contributed by atoms with Gasteiger partial charge in [-0.1, -0.05) is 31.0 Å². The highest BCUT2D eigenvalue weighted by atomic mass is 32.2. The van der Waals surface area contributed by atoms with Crippen LogP contribution in [-0.2, 0) is 4.79 Å². The van der Waals surface area contributed by atoms with Gasteiger partial charge in [0.15, 0.2) is 5.12 Å². The van der Waals surface area contributed by atoms with E-state index in [9.17, 15) is 14.9 Å². The van der Waals surface area contributed by atoms with E-state index in [0.29, 0.717) is 5.92 Å². The molecule has 0 bridgehead atoms. The molecule has 0 aromatic heterocycles. The molecule has 0 unspecified atom stereocenters. The fraction of sp³-hybridized carbons (Fsp3) is 0.900. The Hall–Kier alpha value is -0.580. The summed E-state index contributed by atoms with van der Waals surface area (Å²) in [6.07, 6.45) is 5.61. The highest BCUT2D eigenvalue weighted by Gasteiger charge is 2.29. The Balaban J connectivity index is 2.52. The summed E-state index contributed by atoms with van der Waals surface area (Å²) in [7, 11) is 0. The van der Waals surface area contributed by atoms with Crippen molar-refractivity contribution in [1.29, 1.82) is 0 Å². The summed E-state index contributed by atoms with van der Waals surface area (Å²) in [5, 5.41) is 10.4. The molecule has 0 spiro atoms. The van der Waals surface area contributed by atoms with E-state index in [-0.39, 0.29) is 21.8 Å². The lowest BCUT2D eigenvalue weighted by Gasteiger charge is -2.26. The van der Waals surface area contributed by atoms with Crippen LogP contribution in [0, 0.1) is 16.0 Å². The minimum atomic E-state index is -0.296. The van der Waals surface area contributed by atoms with Crippen LogP contribution in [0.3, 0.4) is 0 Å². The van der Waals surface area contributed by atoms with Crippen LogP contribution in [0.15, 0.2) is 0 Å². The van der Waals surface area contributed by atoms with Crippen molar-refractivity contribution in [2.45, 2.75) is 44.3 Å². The zero-order valence-electron chi connectivity index (χ0n) is 8.98. The molecule has 1 atom stereocenters. The maximum Gasteiger partial charge on any atom is 0.216 e. The Morgan fingerprint density at radius 3 is 2.53 bits per heavy atom. The highest BCUT2D eigenvalue weighted by Crippen LogP contribution is 2.33. The highest BCUT2D eigenvalue weighted by molar-refractivity contribution is 8.14. The summed E-state index contributed by atoms with van der Waals surface area (Å²) in [4.78, 5) is 21.2. The van der Waals surface area contributed by atoms with Gasteiger partial charge in [-0.05, 0) is 18.8 Å².